The third-order valence-corrected chi connectivity index (χ3v) is 3.05. The van der Waals surface area contributed by atoms with E-state index in [0.717, 1.165) is 17.9 Å². The minimum atomic E-state index is -0.254. The van der Waals surface area contributed by atoms with Crippen LogP contribution in [0.25, 0.3) is 0 Å². The van der Waals surface area contributed by atoms with E-state index in [1.165, 1.54) is 0 Å². The number of rotatable bonds is 5. The molecule has 5 heteroatoms. The van der Waals surface area contributed by atoms with Crippen LogP contribution in [0.5, 0.6) is 5.75 Å². The van der Waals surface area contributed by atoms with E-state index in [1.807, 2.05) is 37.3 Å². The van der Waals surface area contributed by atoms with Crippen LogP contribution in [0, 0.1) is 0 Å². The Labute approximate surface area is 135 Å². The molecule has 4 nitrogen and oxygen atoms in total. The number of carbonyl (C=O) groups is 1. The number of ether oxygens (including phenoxy) is 1. The number of amides is 1. The van der Waals surface area contributed by atoms with Gasteiger partial charge in [-0.05, 0) is 55.0 Å². The molecule has 0 saturated heterocycles. The number of carbonyl (C=O) groups excluding carboxylic acids is 1. The van der Waals surface area contributed by atoms with Gasteiger partial charge >= 0.3 is 0 Å². The second-order valence-corrected chi connectivity index (χ2v) is 5.06. The van der Waals surface area contributed by atoms with Crippen LogP contribution in [-0.4, -0.2) is 17.6 Å². The average Bonchev–Trinajstić information content (AvgIpc) is 2.54. The highest BCUT2D eigenvalue weighted by Gasteiger charge is 2.08. The van der Waals surface area contributed by atoms with Crippen molar-refractivity contribution < 1.29 is 9.53 Å². The molecule has 2 aromatic carbocycles. The van der Waals surface area contributed by atoms with Crippen LogP contribution in [-0.2, 0) is 0 Å². The van der Waals surface area contributed by atoms with Gasteiger partial charge in [0, 0.05) is 11.3 Å². The lowest BCUT2D eigenvalue weighted by Gasteiger charge is -2.10. The molecule has 22 heavy (non-hydrogen) atoms. The van der Waals surface area contributed by atoms with E-state index in [1.54, 1.807) is 24.3 Å². The van der Waals surface area contributed by atoms with E-state index < -0.39 is 0 Å². The second-order valence-electron chi connectivity index (χ2n) is 4.65. The number of thiocarbonyl (C=S) groups is 1. The smallest absolute Gasteiger partial charge is 0.257 e. The number of para-hydroxylation sites is 1. The molecule has 0 atom stereocenters. The van der Waals surface area contributed by atoms with Crippen molar-refractivity contribution in [1.82, 2.24) is 5.32 Å². The molecule has 0 aliphatic rings. The van der Waals surface area contributed by atoms with E-state index in [0.29, 0.717) is 12.2 Å². The quantitative estimate of drug-likeness (QED) is 0.828. The number of nitrogens with one attached hydrogen (secondary N) is 2. The van der Waals surface area contributed by atoms with Gasteiger partial charge in [0.1, 0.15) is 5.75 Å². The number of hydrogen-bond acceptors (Lipinski definition) is 3. The Morgan fingerprint density at radius 3 is 2.41 bits per heavy atom. The summed E-state index contributed by atoms with van der Waals surface area (Å²) >= 11 is 5.13. The Bertz CT molecular complexity index is 627. The lowest BCUT2D eigenvalue weighted by Crippen LogP contribution is -2.34. The largest absolute Gasteiger partial charge is 0.494 e. The Hall–Kier alpha value is -2.40. The summed E-state index contributed by atoms with van der Waals surface area (Å²) in [5, 5.41) is 5.87. The van der Waals surface area contributed by atoms with Gasteiger partial charge in [-0.15, -0.1) is 0 Å². The fourth-order valence-electron chi connectivity index (χ4n) is 1.78. The highest BCUT2D eigenvalue weighted by molar-refractivity contribution is 7.80. The Kier molecular flexibility index (Phi) is 5.91. The minimum Gasteiger partial charge on any atom is -0.494 e. The summed E-state index contributed by atoms with van der Waals surface area (Å²) in [6.45, 7) is 2.71. The molecule has 2 rings (SSSR count). The molecular formula is C17H18N2O2S. The zero-order valence-corrected chi connectivity index (χ0v) is 13.2. The molecule has 1 amide bonds. The Morgan fingerprint density at radius 2 is 1.77 bits per heavy atom. The molecule has 0 unspecified atom stereocenters. The predicted octanol–water partition coefficient (Wildman–Crippen LogP) is 3.60. The number of hydrogen-bond donors (Lipinski definition) is 2. The minimum absolute atomic E-state index is 0.254. The Morgan fingerprint density at radius 1 is 1.09 bits per heavy atom. The molecular weight excluding hydrogens is 296 g/mol. The van der Waals surface area contributed by atoms with E-state index in [9.17, 15) is 4.79 Å². The first kappa shape index (κ1) is 16.0. The van der Waals surface area contributed by atoms with Crippen LogP contribution in [0.2, 0.25) is 0 Å². The van der Waals surface area contributed by atoms with Crippen molar-refractivity contribution in [3.8, 4) is 5.75 Å². The molecule has 0 aliphatic heterocycles. The summed E-state index contributed by atoms with van der Waals surface area (Å²) in [4.78, 5) is 12.1. The summed E-state index contributed by atoms with van der Waals surface area (Å²) in [7, 11) is 0. The molecule has 0 fully saturated rings. The van der Waals surface area contributed by atoms with Gasteiger partial charge in [-0.25, -0.2) is 0 Å². The zero-order valence-electron chi connectivity index (χ0n) is 12.3. The molecule has 2 aromatic rings. The normalized spacial score (nSPS) is 9.86. The van der Waals surface area contributed by atoms with Crippen molar-refractivity contribution in [1.29, 1.82) is 0 Å². The topological polar surface area (TPSA) is 50.4 Å². The zero-order chi connectivity index (χ0) is 15.8. The third-order valence-electron chi connectivity index (χ3n) is 2.85. The van der Waals surface area contributed by atoms with Crippen LogP contribution >= 0.6 is 12.2 Å². The summed E-state index contributed by atoms with van der Waals surface area (Å²) in [6, 6.07) is 16.4. The van der Waals surface area contributed by atoms with E-state index in [4.69, 9.17) is 17.0 Å². The van der Waals surface area contributed by atoms with Crippen LogP contribution in [0.4, 0.5) is 5.69 Å². The highest BCUT2D eigenvalue weighted by Crippen LogP contribution is 2.12. The fourth-order valence-corrected chi connectivity index (χ4v) is 1.99. The van der Waals surface area contributed by atoms with Crippen molar-refractivity contribution >= 4 is 28.9 Å². The van der Waals surface area contributed by atoms with Gasteiger partial charge in [-0.2, -0.15) is 0 Å². The van der Waals surface area contributed by atoms with E-state index >= 15 is 0 Å². The molecule has 0 spiro atoms. The third kappa shape index (κ3) is 4.86. The van der Waals surface area contributed by atoms with Gasteiger partial charge in [0.15, 0.2) is 5.11 Å². The molecule has 0 bridgehead atoms. The molecule has 0 aliphatic carbocycles. The van der Waals surface area contributed by atoms with Gasteiger partial charge in [0.25, 0.3) is 5.91 Å². The van der Waals surface area contributed by atoms with Crippen molar-refractivity contribution in [3.63, 3.8) is 0 Å². The standard InChI is InChI=1S/C17H18N2O2S/c1-2-12-21-15-10-8-13(9-11-15)16(20)19-17(22)18-14-6-4-3-5-7-14/h3-11H,2,12H2,1H3,(H2,18,19,20,22). The lowest BCUT2D eigenvalue weighted by atomic mass is 10.2. The summed E-state index contributed by atoms with van der Waals surface area (Å²) in [5.74, 6) is 0.499. The van der Waals surface area contributed by atoms with Crippen LogP contribution < -0.4 is 15.4 Å². The van der Waals surface area contributed by atoms with Crippen molar-refractivity contribution in [3.05, 3.63) is 60.2 Å². The second kappa shape index (κ2) is 8.14. The van der Waals surface area contributed by atoms with Crippen molar-refractivity contribution in [2.45, 2.75) is 13.3 Å². The van der Waals surface area contributed by atoms with Gasteiger partial charge in [-0.3, -0.25) is 10.1 Å². The molecule has 0 aromatic heterocycles. The SMILES string of the molecule is CCCOc1ccc(C(=O)NC(=S)Nc2ccccc2)cc1. The summed E-state index contributed by atoms with van der Waals surface area (Å²) in [6.07, 6.45) is 0.946. The maximum atomic E-state index is 12.1. The molecule has 2 N–H and O–H groups in total. The maximum absolute atomic E-state index is 12.1. The summed E-state index contributed by atoms with van der Waals surface area (Å²) < 4.78 is 5.48. The van der Waals surface area contributed by atoms with Crippen molar-refractivity contribution in [2.75, 3.05) is 11.9 Å². The van der Waals surface area contributed by atoms with E-state index in [2.05, 4.69) is 10.6 Å². The van der Waals surface area contributed by atoms with Crippen molar-refractivity contribution in [2.24, 2.45) is 0 Å². The summed E-state index contributed by atoms with van der Waals surface area (Å²) in [5.41, 5.74) is 1.36. The highest BCUT2D eigenvalue weighted by atomic mass is 32.1. The molecule has 0 saturated carbocycles. The van der Waals surface area contributed by atoms with Gasteiger partial charge < -0.3 is 10.1 Å². The van der Waals surface area contributed by atoms with Crippen LogP contribution in [0.15, 0.2) is 54.6 Å². The first-order chi connectivity index (χ1) is 10.7. The van der Waals surface area contributed by atoms with Gasteiger partial charge in [0.2, 0.25) is 0 Å². The lowest BCUT2D eigenvalue weighted by molar-refractivity contribution is 0.0977. The molecule has 114 valence electrons. The monoisotopic (exact) mass is 314 g/mol. The predicted molar refractivity (Wildman–Crippen MR) is 92.4 cm³/mol. The first-order valence-electron chi connectivity index (χ1n) is 7.09. The Balaban J connectivity index is 1.90. The van der Waals surface area contributed by atoms with Crippen LogP contribution in [0.1, 0.15) is 23.7 Å². The molecule has 0 heterocycles. The van der Waals surface area contributed by atoms with Crippen LogP contribution in [0.3, 0.4) is 0 Å². The molecule has 0 radical (unpaired) electrons. The number of benzene rings is 2. The average molecular weight is 314 g/mol. The van der Waals surface area contributed by atoms with E-state index in [-0.39, 0.29) is 11.0 Å². The maximum Gasteiger partial charge on any atom is 0.257 e. The number of anilines is 1. The van der Waals surface area contributed by atoms with Gasteiger partial charge in [0.05, 0.1) is 6.61 Å². The first-order valence-corrected chi connectivity index (χ1v) is 7.50. The fraction of sp³-hybridized carbons (Fsp3) is 0.176. The van der Waals surface area contributed by atoms with Gasteiger partial charge in [-0.1, -0.05) is 25.1 Å².